The number of hydrogen-bond acceptors (Lipinski definition) is 3. The predicted molar refractivity (Wildman–Crippen MR) is 91.5 cm³/mol. The number of fused-ring (bicyclic) bond motifs is 1. The van der Waals surface area contributed by atoms with Gasteiger partial charge in [0, 0.05) is 28.1 Å². The van der Waals surface area contributed by atoms with Crippen molar-refractivity contribution in [2.45, 2.75) is 17.5 Å². The number of aromatic amines is 1. The van der Waals surface area contributed by atoms with Crippen LogP contribution in [-0.4, -0.2) is 21.9 Å². The van der Waals surface area contributed by atoms with Crippen molar-refractivity contribution in [2.24, 2.45) is 0 Å². The second kappa shape index (κ2) is 7.18. The minimum atomic E-state index is -4.43. The monoisotopic (exact) mass is 365 g/mol. The van der Waals surface area contributed by atoms with Gasteiger partial charge in [0.05, 0.1) is 17.3 Å². The lowest BCUT2D eigenvalue weighted by Crippen LogP contribution is -2.13. The summed E-state index contributed by atoms with van der Waals surface area (Å²) in [5.41, 5.74) is 0.273. The van der Waals surface area contributed by atoms with E-state index in [2.05, 4.69) is 15.5 Å². The quantitative estimate of drug-likeness (QED) is 0.644. The summed E-state index contributed by atoms with van der Waals surface area (Å²) in [6.07, 6.45) is -2.50. The Bertz CT molecular complexity index is 892. The molecule has 0 spiro atoms. The van der Waals surface area contributed by atoms with Crippen molar-refractivity contribution in [1.29, 1.82) is 0 Å². The van der Waals surface area contributed by atoms with Gasteiger partial charge < -0.3 is 5.32 Å². The standard InChI is InChI=1S/C17H14F3N3OS/c18-17(19,20)12-2-1-3-13(8-12)22-16(24)6-7-25-14-5-4-11-10-21-23-15(11)9-14/h1-5,8-10H,6-7H2,(H,21,23)(H,22,24). The lowest BCUT2D eigenvalue weighted by Gasteiger charge is -2.10. The van der Waals surface area contributed by atoms with Gasteiger partial charge in [-0.05, 0) is 30.3 Å². The van der Waals surface area contributed by atoms with Crippen LogP contribution in [0.5, 0.6) is 0 Å². The maximum atomic E-state index is 12.7. The molecule has 0 aliphatic carbocycles. The molecular formula is C17H14F3N3OS. The summed E-state index contributed by atoms with van der Waals surface area (Å²) >= 11 is 1.50. The third kappa shape index (κ3) is 4.54. The first-order chi connectivity index (χ1) is 11.9. The molecule has 0 radical (unpaired) electrons. The van der Waals surface area contributed by atoms with Crippen molar-refractivity contribution in [3.63, 3.8) is 0 Å². The number of aromatic nitrogens is 2. The van der Waals surface area contributed by atoms with E-state index in [1.54, 1.807) is 6.20 Å². The van der Waals surface area contributed by atoms with E-state index in [4.69, 9.17) is 0 Å². The normalized spacial score (nSPS) is 11.6. The maximum absolute atomic E-state index is 12.7. The highest BCUT2D eigenvalue weighted by Crippen LogP contribution is 2.30. The van der Waals surface area contributed by atoms with Gasteiger partial charge in [0.25, 0.3) is 0 Å². The fourth-order valence-electron chi connectivity index (χ4n) is 2.26. The molecule has 3 rings (SSSR count). The molecule has 1 amide bonds. The SMILES string of the molecule is O=C(CCSc1ccc2cn[nH]c2c1)Nc1cccc(C(F)(F)F)c1. The summed E-state index contributed by atoms with van der Waals surface area (Å²) in [6, 6.07) is 10.4. The highest BCUT2D eigenvalue weighted by molar-refractivity contribution is 7.99. The third-order valence-electron chi connectivity index (χ3n) is 3.48. The third-order valence-corrected chi connectivity index (χ3v) is 4.48. The number of nitrogens with one attached hydrogen (secondary N) is 2. The molecule has 4 nitrogen and oxygen atoms in total. The fraction of sp³-hybridized carbons (Fsp3) is 0.176. The number of carbonyl (C=O) groups excluding carboxylic acids is 1. The number of rotatable bonds is 5. The van der Waals surface area contributed by atoms with Gasteiger partial charge in [0.2, 0.25) is 5.91 Å². The molecule has 0 atom stereocenters. The van der Waals surface area contributed by atoms with Gasteiger partial charge in [-0.3, -0.25) is 9.89 Å². The maximum Gasteiger partial charge on any atom is 0.416 e. The fourth-order valence-corrected chi connectivity index (χ4v) is 3.15. The Kier molecular flexibility index (Phi) is 4.98. The molecule has 2 N–H and O–H groups in total. The van der Waals surface area contributed by atoms with E-state index in [0.717, 1.165) is 27.9 Å². The molecule has 1 heterocycles. The Labute approximate surface area is 145 Å². The average Bonchev–Trinajstić information content (AvgIpc) is 3.02. The van der Waals surface area contributed by atoms with E-state index in [-0.39, 0.29) is 18.0 Å². The Morgan fingerprint density at radius 1 is 1.20 bits per heavy atom. The van der Waals surface area contributed by atoms with Crippen molar-refractivity contribution in [3.8, 4) is 0 Å². The summed E-state index contributed by atoms with van der Waals surface area (Å²) in [6.45, 7) is 0. The molecule has 2 aromatic carbocycles. The lowest BCUT2D eigenvalue weighted by atomic mass is 10.2. The summed E-state index contributed by atoms with van der Waals surface area (Å²) in [4.78, 5) is 12.9. The van der Waals surface area contributed by atoms with Crippen LogP contribution < -0.4 is 5.32 Å². The second-order valence-electron chi connectivity index (χ2n) is 5.34. The van der Waals surface area contributed by atoms with Crippen LogP contribution in [0.3, 0.4) is 0 Å². The smallest absolute Gasteiger partial charge is 0.326 e. The van der Waals surface area contributed by atoms with Crippen LogP contribution in [0.15, 0.2) is 53.6 Å². The van der Waals surface area contributed by atoms with Crippen molar-refractivity contribution in [2.75, 3.05) is 11.1 Å². The lowest BCUT2D eigenvalue weighted by molar-refractivity contribution is -0.137. The first-order valence-corrected chi connectivity index (χ1v) is 8.43. The van der Waals surface area contributed by atoms with Gasteiger partial charge in [-0.1, -0.05) is 12.1 Å². The van der Waals surface area contributed by atoms with E-state index in [0.29, 0.717) is 5.75 Å². The Balaban J connectivity index is 1.52. The topological polar surface area (TPSA) is 57.8 Å². The molecule has 25 heavy (non-hydrogen) atoms. The summed E-state index contributed by atoms with van der Waals surface area (Å²) in [5.74, 6) is 0.194. The number of benzene rings is 2. The van der Waals surface area contributed by atoms with Crippen molar-refractivity contribution < 1.29 is 18.0 Å². The van der Waals surface area contributed by atoms with Gasteiger partial charge >= 0.3 is 6.18 Å². The number of alkyl halides is 3. The number of carbonyl (C=O) groups is 1. The first kappa shape index (κ1) is 17.3. The molecule has 0 saturated carbocycles. The van der Waals surface area contributed by atoms with Gasteiger partial charge in [-0.2, -0.15) is 18.3 Å². The van der Waals surface area contributed by atoms with Crippen LogP contribution in [0.4, 0.5) is 18.9 Å². The number of nitrogens with zero attached hydrogens (tertiary/aromatic N) is 1. The molecule has 130 valence electrons. The largest absolute Gasteiger partial charge is 0.416 e. The van der Waals surface area contributed by atoms with Crippen molar-refractivity contribution >= 4 is 34.3 Å². The molecule has 0 unspecified atom stereocenters. The van der Waals surface area contributed by atoms with Crippen LogP contribution in [0.1, 0.15) is 12.0 Å². The molecular weight excluding hydrogens is 351 g/mol. The number of anilines is 1. The highest BCUT2D eigenvalue weighted by atomic mass is 32.2. The average molecular weight is 365 g/mol. The van der Waals surface area contributed by atoms with Gasteiger partial charge in [-0.25, -0.2) is 0 Å². The van der Waals surface area contributed by atoms with Crippen molar-refractivity contribution in [1.82, 2.24) is 10.2 Å². The Morgan fingerprint density at radius 2 is 2.04 bits per heavy atom. The van der Waals surface area contributed by atoms with Gasteiger partial charge in [0.1, 0.15) is 0 Å². The summed E-state index contributed by atoms with van der Waals surface area (Å²) in [7, 11) is 0. The van der Waals surface area contributed by atoms with E-state index in [9.17, 15) is 18.0 Å². The van der Waals surface area contributed by atoms with E-state index < -0.39 is 11.7 Å². The number of amides is 1. The first-order valence-electron chi connectivity index (χ1n) is 7.45. The van der Waals surface area contributed by atoms with Crippen LogP contribution >= 0.6 is 11.8 Å². The number of H-pyrrole nitrogens is 1. The molecule has 0 fully saturated rings. The summed E-state index contributed by atoms with van der Waals surface area (Å²) in [5, 5.41) is 10.3. The number of thioether (sulfide) groups is 1. The molecule has 0 aliphatic heterocycles. The van der Waals surface area contributed by atoms with E-state index in [1.165, 1.54) is 23.9 Å². The van der Waals surface area contributed by atoms with E-state index in [1.807, 2.05) is 18.2 Å². The zero-order valence-electron chi connectivity index (χ0n) is 12.9. The highest BCUT2D eigenvalue weighted by Gasteiger charge is 2.30. The Morgan fingerprint density at radius 3 is 2.84 bits per heavy atom. The van der Waals surface area contributed by atoms with Crippen LogP contribution in [0, 0.1) is 0 Å². The zero-order valence-corrected chi connectivity index (χ0v) is 13.7. The summed E-state index contributed by atoms with van der Waals surface area (Å²) < 4.78 is 38.0. The molecule has 8 heteroatoms. The van der Waals surface area contributed by atoms with Crippen molar-refractivity contribution in [3.05, 3.63) is 54.2 Å². The van der Waals surface area contributed by atoms with Crippen LogP contribution in [0.2, 0.25) is 0 Å². The van der Waals surface area contributed by atoms with Gasteiger partial charge in [-0.15, -0.1) is 11.8 Å². The minimum absolute atomic E-state index is 0.142. The molecule has 0 bridgehead atoms. The molecule has 0 saturated heterocycles. The van der Waals surface area contributed by atoms with E-state index >= 15 is 0 Å². The van der Waals surface area contributed by atoms with Crippen LogP contribution in [-0.2, 0) is 11.0 Å². The van der Waals surface area contributed by atoms with Gasteiger partial charge in [0.15, 0.2) is 0 Å². The second-order valence-corrected chi connectivity index (χ2v) is 6.51. The minimum Gasteiger partial charge on any atom is -0.326 e. The molecule has 3 aromatic rings. The number of halogens is 3. The Hall–Kier alpha value is -2.48. The molecule has 0 aliphatic rings. The van der Waals surface area contributed by atoms with Crippen LogP contribution in [0.25, 0.3) is 10.9 Å². The number of hydrogen-bond donors (Lipinski definition) is 2. The zero-order chi connectivity index (χ0) is 17.9. The predicted octanol–water partition coefficient (Wildman–Crippen LogP) is 4.70. The molecule has 1 aromatic heterocycles.